The number of methoxy groups -OCH3 is 1. The van der Waals surface area contributed by atoms with Crippen LogP contribution in [0.1, 0.15) is 11.6 Å². The molecule has 0 aliphatic heterocycles. The van der Waals surface area contributed by atoms with E-state index >= 15 is 0 Å². The summed E-state index contributed by atoms with van der Waals surface area (Å²) in [5.74, 6) is 1.73. The highest BCUT2D eigenvalue weighted by Crippen LogP contribution is 2.23. The zero-order valence-corrected chi connectivity index (χ0v) is 14.2. The molecule has 5 nitrogen and oxygen atoms in total. The molecule has 0 aliphatic carbocycles. The highest BCUT2D eigenvalue weighted by atomic mass is 16.5. The molecule has 3 aromatic rings. The van der Waals surface area contributed by atoms with Gasteiger partial charge in [0.05, 0.1) is 18.7 Å². The Kier molecular flexibility index (Phi) is 4.91. The number of ether oxygens (including phenoxy) is 1. The Balaban J connectivity index is 1.80. The van der Waals surface area contributed by atoms with E-state index in [2.05, 4.69) is 46.4 Å². The minimum atomic E-state index is 0.227. The Bertz CT molecular complexity index is 797. The molecule has 1 aromatic heterocycles. The molecule has 0 spiro atoms. The molecule has 0 aliphatic rings. The van der Waals surface area contributed by atoms with Crippen molar-refractivity contribution in [3.05, 3.63) is 60.4 Å². The van der Waals surface area contributed by atoms with Crippen LogP contribution in [0.5, 0.6) is 5.75 Å². The van der Waals surface area contributed by atoms with Crippen LogP contribution in [-0.4, -0.2) is 42.6 Å². The molecule has 0 bridgehead atoms. The molecule has 124 valence electrons. The minimum absolute atomic E-state index is 0.227. The summed E-state index contributed by atoms with van der Waals surface area (Å²) in [6.07, 6.45) is 1.60. The number of likely N-dealkylation sites (N-methyl/N-ethyl adjacent to an activating group) is 1. The molecule has 5 heteroatoms. The lowest BCUT2D eigenvalue weighted by atomic mass is 10.1. The van der Waals surface area contributed by atoms with Crippen LogP contribution in [0.25, 0.3) is 10.9 Å². The minimum Gasteiger partial charge on any atom is -0.497 e. The van der Waals surface area contributed by atoms with Gasteiger partial charge in [-0.2, -0.15) is 0 Å². The normalized spacial score (nSPS) is 12.3. The van der Waals surface area contributed by atoms with Gasteiger partial charge in [-0.25, -0.2) is 9.97 Å². The third-order valence-corrected chi connectivity index (χ3v) is 4.13. The lowest BCUT2D eigenvalue weighted by Crippen LogP contribution is -2.27. The summed E-state index contributed by atoms with van der Waals surface area (Å²) >= 11 is 0. The standard InChI is InChI=1S/C19H22N4O/c1-23(2)18(14-8-10-15(24-3)11-9-14)12-20-19-16-6-4-5-7-17(16)21-13-22-19/h4-11,13,18H,12H2,1-3H3,(H,20,21,22)/t18-/m0/s1. The van der Waals surface area contributed by atoms with Gasteiger partial charge in [0, 0.05) is 11.9 Å². The van der Waals surface area contributed by atoms with Crippen LogP contribution in [0.4, 0.5) is 5.82 Å². The van der Waals surface area contributed by atoms with Crippen LogP contribution in [0.3, 0.4) is 0 Å². The first kappa shape index (κ1) is 16.2. The number of anilines is 1. The van der Waals surface area contributed by atoms with Crippen molar-refractivity contribution in [2.75, 3.05) is 33.1 Å². The fourth-order valence-corrected chi connectivity index (χ4v) is 2.76. The Morgan fingerprint density at radius 1 is 1.04 bits per heavy atom. The van der Waals surface area contributed by atoms with Gasteiger partial charge in [0.25, 0.3) is 0 Å². The summed E-state index contributed by atoms with van der Waals surface area (Å²) in [6.45, 7) is 0.750. The number of hydrogen-bond donors (Lipinski definition) is 1. The average molecular weight is 322 g/mol. The first-order valence-electron chi connectivity index (χ1n) is 7.93. The topological polar surface area (TPSA) is 50.3 Å². The molecule has 0 radical (unpaired) electrons. The van der Waals surface area contributed by atoms with E-state index < -0.39 is 0 Å². The molecule has 1 N–H and O–H groups in total. The van der Waals surface area contributed by atoms with Crippen molar-refractivity contribution >= 4 is 16.7 Å². The second kappa shape index (κ2) is 7.27. The molecule has 0 saturated heterocycles. The smallest absolute Gasteiger partial charge is 0.137 e. The maximum absolute atomic E-state index is 5.24. The number of para-hydroxylation sites is 1. The van der Waals surface area contributed by atoms with Crippen molar-refractivity contribution in [3.8, 4) is 5.75 Å². The summed E-state index contributed by atoms with van der Waals surface area (Å²) in [5, 5.41) is 4.51. The predicted molar refractivity (Wildman–Crippen MR) is 97.4 cm³/mol. The first-order chi connectivity index (χ1) is 11.7. The van der Waals surface area contributed by atoms with Gasteiger partial charge < -0.3 is 15.0 Å². The maximum atomic E-state index is 5.24. The monoisotopic (exact) mass is 322 g/mol. The third kappa shape index (κ3) is 3.46. The summed E-state index contributed by atoms with van der Waals surface area (Å²) in [4.78, 5) is 10.9. The second-order valence-electron chi connectivity index (χ2n) is 5.87. The van der Waals surface area contributed by atoms with Crippen LogP contribution in [0, 0.1) is 0 Å². The van der Waals surface area contributed by atoms with E-state index in [1.165, 1.54) is 5.56 Å². The van der Waals surface area contributed by atoms with Crippen molar-refractivity contribution in [2.24, 2.45) is 0 Å². The van der Waals surface area contributed by atoms with Crippen molar-refractivity contribution in [2.45, 2.75) is 6.04 Å². The number of nitrogens with one attached hydrogen (secondary N) is 1. The Morgan fingerprint density at radius 2 is 1.79 bits per heavy atom. The number of aromatic nitrogens is 2. The maximum Gasteiger partial charge on any atom is 0.137 e. The Morgan fingerprint density at radius 3 is 2.50 bits per heavy atom. The molecule has 1 heterocycles. The highest BCUT2D eigenvalue weighted by Gasteiger charge is 2.15. The predicted octanol–water partition coefficient (Wildman–Crippen LogP) is 3.35. The fraction of sp³-hybridized carbons (Fsp3) is 0.263. The number of benzene rings is 2. The lowest BCUT2D eigenvalue weighted by Gasteiger charge is -2.25. The van der Waals surface area contributed by atoms with Gasteiger partial charge in [0.2, 0.25) is 0 Å². The van der Waals surface area contributed by atoms with Gasteiger partial charge in [-0.3, -0.25) is 0 Å². The molecular weight excluding hydrogens is 300 g/mol. The Labute approximate surface area is 142 Å². The zero-order chi connectivity index (χ0) is 16.9. The number of hydrogen-bond acceptors (Lipinski definition) is 5. The van der Waals surface area contributed by atoms with Gasteiger partial charge in [-0.05, 0) is 43.9 Å². The number of nitrogens with zero attached hydrogens (tertiary/aromatic N) is 3. The van der Waals surface area contributed by atoms with Crippen LogP contribution >= 0.6 is 0 Å². The van der Waals surface area contributed by atoms with Gasteiger partial charge in [0.15, 0.2) is 0 Å². The van der Waals surface area contributed by atoms with E-state index in [9.17, 15) is 0 Å². The van der Waals surface area contributed by atoms with Crippen LogP contribution in [-0.2, 0) is 0 Å². The summed E-state index contributed by atoms with van der Waals surface area (Å²) in [7, 11) is 5.84. The second-order valence-corrected chi connectivity index (χ2v) is 5.87. The molecule has 0 fully saturated rings. The molecule has 2 aromatic carbocycles. The average Bonchev–Trinajstić information content (AvgIpc) is 2.62. The van der Waals surface area contributed by atoms with Gasteiger partial charge in [0.1, 0.15) is 17.9 Å². The molecular formula is C19H22N4O. The number of fused-ring (bicyclic) bond motifs is 1. The van der Waals surface area contributed by atoms with Crippen molar-refractivity contribution < 1.29 is 4.74 Å². The van der Waals surface area contributed by atoms with E-state index in [0.29, 0.717) is 0 Å². The van der Waals surface area contributed by atoms with Crippen molar-refractivity contribution in [1.29, 1.82) is 0 Å². The summed E-state index contributed by atoms with van der Waals surface area (Å²) in [6, 6.07) is 16.4. The molecule has 1 atom stereocenters. The molecule has 3 rings (SSSR count). The van der Waals surface area contributed by atoms with Crippen LogP contribution in [0.2, 0.25) is 0 Å². The largest absolute Gasteiger partial charge is 0.497 e. The molecule has 0 unspecified atom stereocenters. The van der Waals surface area contributed by atoms with E-state index in [4.69, 9.17) is 4.74 Å². The molecule has 0 amide bonds. The van der Waals surface area contributed by atoms with E-state index in [1.54, 1.807) is 13.4 Å². The SMILES string of the molecule is COc1ccc([C@H](CNc2ncnc3ccccc23)N(C)C)cc1. The third-order valence-electron chi connectivity index (χ3n) is 4.13. The van der Waals surface area contributed by atoms with Crippen molar-refractivity contribution in [3.63, 3.8) is 0 Å². The fourth-order valence-electron chi connectivity index (χ4n) is 2.76. The van der Waals surface area contributed by atoms with E-state index in [0.717, 1.165) is 29.0 Å². The van der Waals surface area contributed by atoms with Crippen molar-refractivity contribution in [1.82, 2.24) is 14.9 Å². The van der Waals surface area contributed by atoms with Crippen LogP contribution < -0.4 is 10.1 Å². The van der Waals surface area contributed by atoms with Crippen LogP contribution in [0.15, 0.2) is 54.9 Å². The lowest BCUT2D eigenvalue weighted by molar-refractivity contribution is 0.311. The molecule has 24 heavy (non-hydrogen) atoms. The molecule has 0 saturated carbocycles. The quantitative estimate of drug-likeness (QED) is 0.754. The number of rotatable bonds is 6. The van der Waals surface area contributed by atoms with Gasteiger partial charge in [-0.15, -0.1) is 0 Å². The van der Waals surface area contributed by atoms with Gasteiger partial charge >= 0.3 is 0 Å². The first-order valence-corrected chi connectivity index (χ1v) is 7.93. The van der Waals surface area contributed by atoms with E-state index in [1.807, 2.05) is 36.4 Å². The summed E-state index contributed by atoms with van der Waals surface area (Å²) in [5.41, 5.74) is 2.17. The van der Waals surface area contributed by atoms with E-state index in [-0.39, 0.29) is 6.04 Å². The zero-order valence-electron chi connectivity index (χ0n) is 14.2. The highest BCUT2D eigenvalue weighted by molar-refractivity contribution is 5.88. The van der Waals surface area contributed by atoms with Gasteiger partial charge in [-0.1, -0.05) is 24.3 Å². The Hall–Kier alpha value is -2.66. The summed E-state index contributed by atoms with van der Waals surface area (Å²) < 4.78 is 5.24.